The molecular weight excluding hydrogens is 214 g/mol. The van der Waals surface area contributed by atoms with Crippen LogP contribution in [0.2, 0.25) is 0 Å². The molecule has 0 aliphatic rings. The largest absolute Gasteiger partial charge is 0.453 e. The number of para-hydroxylation sites is 1. The van der Waals surface area contributed by atoms with Crippen LogP contribution in [0, 0.1) is 6.92 Å². The number of benzene rings is 1. The zero-order valence-corrected chi connectivity index (χ0v) is 10.5. The minimum absolute atomic E-state index is 0.0642. The van der Waals surface area contributed by atoms with Gasteiger partial charge in [0, 0.05) is 18.4 Å². The van der Waals surface area contributed by atoms with Gasteiger partial charge >= 0.3 is 0 Å². The normalized spacial score (nSPS) is 11.3. The van der Waals surface area contributed by atoms with Gasteiger partial charge in [0.15, 0.2) is 11.5 Å². The third-order valence-electron chi connectivity index (χ3n) is 2.80. The second-order valence-electron chi connectivity index (χ2n) is 4.58. The highest BCUT2D eigenvalue weighted by Crippen LogP contribution is 2.23. The van der Waals surface area contributed by atoms with Crippen molar-refractivity contribution in [3.05, 3.63) is 35.6 Å². The van der Waals surface area contributed by atoms with Crippen molar-refractivity contribution in [2.75, 3.05) is 20.6 Å². The summed E-state index contributed by atoms with van der Waals surface area (Å²) in [5.41, 5.74) is 1.88. The summed E-state index contributed by atoms with van der Waals surface area (Å²) in [5.74, 6) is 0.533. The SMILES string of the molecule is Cc1cccc2cc(C(=O)CCN(C)C)oc12. The topological polar surface area (TPSA) is 33.5 Å². The molecule has 90 valence electrons. The molecule has 1 aromatic heterocycles. The Morgan fingerprint density at radius 1 is 1.35 bits per heavy atom. The Bertz CT molecular complexity index is 540. The predicted octanol–water partition coefficient (Wildman–Crippen LogP) is 2.88. The molecule has 2 rings (SSSR count). The van der Waals surface area contributed by atoms with Gasteiger partial charge in [-0.1, -0.05) is 18.2 Å². The number of carbonyl (C=O) groups excluding carboxylic acids is 1. The number of aryl methyl sites for hydroxylation is 1. The van der Waals surface area contributed by atoms with E-state index in [1.807, 2.05) is 50.2 Å². The van der Waals surface area contributed by atoms with Crippen LogP contribution in [0.15, 0.2) is 28.7 Å². The Morgan fingerprint density at radius 3 is 2.76 bits per heavy atom. The Hall–Kier alpha value is -1.61. The maximum atomic E-state index is 11.9. The molecular formula is C14H17NO2. The smallest absolute Gasteiger partial charge is 0.199 e. The lowest BCUT2D eigenvalue weighted by atomic mass is 10.1. The van der Waals surface area contributed by atoms with Gasteiger partial charge in [0.2, 0.25) is 0 Å². The van der Waals surface area contributed by atoms with Gasteiger partial charge in [-0.2, -0.15) is 0 Å². The Balaban J connectivity index is 2.24. The third-order valence-corrected chi connectivity index (χ3v) is 2.80. The van der Waals surface area contributed by atoms with Gasteiger partial charge in [-0.15, -0.1) is 0 Å². The van der Waals surface area contributed by atoms with Gasteiger partial charge in [0.1, 0.15) is 5.58 Å². The first-order chi connectivity index (χ1) is 8.08. The highest BCUT2D eigenvalue weighted by atomic mass is 16.3. The van der Waals surface area contributed by atoms with Crippen LogP contribution >= 0.6 is 0 Å². The van der Waals surface area contributed by atoms with Gasteiger partial charge in [-0.3, -0.25) is 4.79 Å². The van der Waals surface area contributed by atoms with Crippen molar-refractivity contribution in [1.82, 2.24) is 4.90 Å². The molecule has 0 radical (unpaired) electrons. The van der Waals surface area contributed by atoms with Crippen molar-refractivity contribution in [2.45, 2.75) is 13.3 Å². The highest BCUT2D eigenvalue weighted by molar-refractivity contribution is 5.98. The molecule has 0 N–H and O–H groups in total. The molecule has 0 bridgehead atoms. The van der Waals surface area contributed by atoms with Crippen molar-refractivity contribution >= 4 is 16.8 Å². The van der Waals surface area contributed by atoms with E-state index in [9.17, 15) is 4.79 Å². The van der Waals surface area contributed by atoms with Crippen molar-refractivity contribution in [1.29, 1.82) is 0 Å². The second kappa shape index (κ2) is 4.72. The van der Waals surface area contributed by atoms with Gasteiger partial charge < -0.3 is 9.32 Å². The lowest BCUT2D eigenvalue weighted by molar-refractivity contribution is 0.0947. The van der Waals surface area contributed by atoms with Gasteiger partial charge in [0.25, 0.3) is 0 Å². The number of furan rings is 1. The number of rotatable bonds is 4. The number of hydrogen-bond acceptors (Lipinski definition) is 3. The van der Waals surface area contributed by atoms with Crippen LogP contribution in [-0.2, 0) is 0 Å². The van der Waals surface area contributed by atoms with Crippen LogP contribution in [0.3, 0.4) is 0 Å². The van der Waals surface area contributed by atoms with Crippen LogP contribution in [0.5, 0.6) is 0 Å². The van der Waals surface area contributed by atoms with Crippen LogP contribution in [-0.4, -0.2) is 31.3 Å². The fraction of sp³-hybridized carbons (Fsp3) is 0.357. The first-order valence-electron chi connectivity index (χ1n) is 5.75. The summed E-state index contributed by atoms with van der Waals surface area (Å²) >= 11 is 0. The van der Waals surface area contributed by atoms with Gasteiger partial charge in [0.05, 0.1) is 0 Å². The van der Waals surface area contributed by atoms with Crippen LogP contribution in [0.1, 0.15) is 22.5 Å². The summed E-state index contributed by atoms with van der Waals surface area (Å²) in [6.07, 6.45) is 0.492. The molecule has 0 saturated heterocycles. The molecule has 17 heavy (non-hydrogen) atoms. The Kier molecular flexibility index (Phi) is 3.29. The van der Waals surface area contributed by atoms with Crippen molar-refractivity contribution < 1.29 is 9.21 Å². The van der Waals surface area contributed by atoms with Crippen LogP contribution in [0.4, 0.5) is 0 Å². The van der Waals surface area contributed by atoms with E-state index in [1.165, 1.54) is 0 Å². The predicted molar refractivity (Wildman–Crippen MR) is 68.5 cm³/mol. The number of ketones is 1. The minimum Gasteiger partial charge on any atom is -0.453 e. The Labute approximate surface area is 101 Å². The lowest BCUT2D eigenvalue weighted by Gasteiger charge is -2.06. The summed E-state index contributed by atoms with van der Waals surface area (Å²) < 4.78 is 5.62. The fourth-order valence-electron chi connectivity index (χ4n) is 1.79. The molecule has 2 aromatic rings. The van der Waals surface area contributed by atoms with Crippen molar-refractivity contribution in [2.24, 2.45) is 0 Å². The molecule has 3 heteroatoms. The number of fused-ring (bicyclic) bond motifs is 1. The quantitative estimate of drug-likeness (QED) is 0.759. The summed E-state index contributed by atoms with van der Waals surface area (Å²) in [4.78, 5) is 13.9. The molecule has 0 atom stereocenters. The maximum absolute atomic E-state index is 11.9. The number of Topliss-reactive ketones (excluding diaryl/α,β-unsaturated/α-hetero) is 1. The first kappa shape index (κ1) is 11.9. The fourth-order valence-corrected chi connectivity index (χ4v) is 1.79. The van der Waals surface area contributed by atoms with E-state index in [-0.39, 0.29) is 5.78 Å². The highest BCUT2D eigenvalue weighted by Gasteiger charge is 2.13. The van der Waals surface area contributed by atoms with Crippen molar-refractivity contribution in [3.8, 4) is 0 Å². The molecule has 0 unspecified atom stereocenters. The third kappa shape index (κ3) is 2.56. The van der Waals surface area contributed by atoms with E-state index < -0.39 is 0 Å². The molecule has 0 fully saturated rings. The average molecular weight is 231 g/mol. The van der Waals surface area contributed by atoms with E-state index in [0.29, 0.717) is 12.2 Å². The summed E-state index contributed by atoms with van der Waals surface area (Å²) in [5, 5.41) is 0.998. The van der Waals surface area contributed by atoms with Gasteiger partial charge in [-0.05, 0) is 32.6 Å². The molecule has 0 amide bonds. The van der Waals surface area contributed by atoms with E-state index in [4.69, 9.17) is 4.42 Å². The number of carbonyl (C=O) groups is 1. The van der Waals surface area contributed by atoms with Crippen LogP contribution in [0.25, 0.3) is 11.0 Å². The molecule has 3 nitrogen and oxygen atoms in total. The van der Waals surface area contributed by atoms with Gasteiger partial charge in [-0.25, -0.2) is 0 Å². The van der Waals surface area contributed by atoms with E-state index >= 15 is 0 Å². The molecule has 0 spiro atoms. The standard InChI is InChI=1S/C14H17NO2/c1-10-5-4-6-11-9-13(17-14(10)11)12(16)7-8-15(2)3/h4-6,9H,7-8H2,1-3H3. The van der Waals surface area contributed by atoms with Crippen molar-refractivity contribution in [3.63, 3.8) is 0 Å². The Morgan fingerprint density at radius 2 is 2.12 bits per heavy atom. The molecule has 1 heterocycles. The summed E-state index contributed by atoms with van der Waals surface area (Å²) in [7, 11) is 3.91. The van der Waals surface area contributed by atoms with E-state index in [2.05, 4.69) is 0 Å². The summed E-state index contributed by atoms with van der Waals surface area (Å²) in [6.45, 7) is 2.73. The molecule has 0 aliphatic carbocycles. The monoisotopic (exact) mass is 231 g/mol. The zero-order valence-electron chi connectivity index (χ0n) is 10.5. The summed E-state index contributed by atoms with van der Waals surface area (Å²) in [6, 6.07) is 7.76. The van der Waals surface area contributed by atoms with E-state index in [0.717, 1.165) is 23.1 Å². The molecule has 0 aliphatic heterocycles. The zero-order chi connectivity index (χ0) is 12.4. The number of nitrogens with zero attached hydrogens (tertiary/aromatic N) is 1. The average Bonchev–Trinajstić information content (AvgIpc) is 2.71. The maximum Gasteiger partial charge on any atom is 0.199 e. The lowest BCUT2D eigenvalue weighted by Crippen LogP contribution is -2.16. The second-order valence-corrected chi connectivity index (χ2v) is 4.58. The number of hydrogen-bond donors (Lipinski definition) is 0. The van der Waals surface area contributed by atoms with Crippen LogP contribution < -0.4 is 0 Å². The molecule has 0 saturated carbocycles. The molecule has 1 aromatic carbocycles. The van der Waals surface area contributed by atoms with E-state index in [1.54, 1.807) is 0 Å². The first-order valence-corrected chi connectivity index (χ1v) is 5.75. The minimum atomic E-state index is 0.0642.